The Morgan fingerprint density at radius 2 is 1.79 bits per heavy atom. The van der Waals surface area contributed by atoms with E-state index in [9.17, 15) is 5.26 Å². The van der Waals surface area contributed by atoms with Gasteiger partial charge in [-0.15, -0.1) is 0 Å². The third-order valence-corrected chi connectivity index (χ3v) is 4.86. The Hall–Kier alpha value is -3.03. The van der Waals surface area contributed by atoms with Gasteiger partial charge in [-0.2, -0.15) is 5.26 Å². The van der Waals surface area contributed by atoms with Crippen LogP contribution in [0.4, 0.5) is 0 Å². The molecule has 0 fully saturated rings. The summed E-state index contributed by atoms with van der Waals surface area (Å²) in [7, 11) is 1.61. The molecule has 0 amide bonds. The smallest absolute Gasteiger partial charge is 0.175 e. The predicted octanol–water partition coefficient (Wildman–Crippen LogP) is 6.41. The van der Waals surface area contributed by atoms with Gasteiger partial charge in [-0.05, 0) is 57.8 Å². The van der Waals surface area contributed by atoms with Crippen LogP contribution < -0.4 is 9.47 Å². The quantitative estimate of drug-likeness (QED) is 0.333. The maximum Gasteiger partial charge on any atom is 0.175 e. The van der Waals surface area contributed by atoms with Crippen molar-refractivity contribution in [3.8, 4) is 17.6 Å². The fourth-order valence-corrected chi connectivity index (χ4v) is 3.35. The van der Waals surface area contributed by atoms with Crippen molar-refractivity contribution in [3.05, 3.63) is 93.5 Å². The van der Waals surface area contributed by atoms with E-state index in [2.05, 4.69) is 22.0 Å². The Balaban J connectivity index is 1.89. The van der Waals surface area contributed by atoms with Crippen molar-refractivity contribution in [2.75, 3.05) is 7.11 Å². The predicted molar refractivity (Wildman–Crippen MR) is 116 cm³/mol. The molecule has 4 heteroatoms. The number of hydrogen-bond donors (Lipinski definition) is 0. The normalized spacial score (nSPS) is 11.0. The summed E-state index contributed by atoms with van der Waals surface area (Å²) in [4.78, 5) is 0. The Labute approximate surface area is 174 Å². The second-order valence-electron chi connectivity index (χ2n) is 6.34. The summed E-state index contributed by atoms with van der Waals surface area (Å²) >= 11 is 3.57. The monoisotopic (exact) mass is 433 g/mol. The zero-order valence-corrected chi connectivity index (χ0v) is 17.4. The summed E-state index contributed by atoms with van der Waals surface area (Å²) in [5.74, 6) is 1.25. The van der Waals surface area contributed by atoms with Gasteiger partial charge in [-0.1, -0.05) is 60.2 Å². The molecule has 0 aliphatic carbocycles. The molecule has 0 aliphatic rings. The molecule has 0 heterocycles. The molecule has 3 aromatic carbocycles. The summed E-state index contributed by atoms with van der Waals surface area (Å²) in [5, 5.41) is 9.58. The van der Waals surface area contributed by atoms with Crippen LogP contribution in [0, 0.1) is 18.3 Å². The molecule has 3 nitrogen and oxygen atoms in total. The number of allylic oxidation sites excluding steroid dienone is 1. The number of rotatable bonds is 6. The molecular formula is C24H20BrNO2. The van der Waals surface area contributed by atoms with Gasteiger partial charge in [0.2, 0.25) is 0 Å². The first kappa shape index (κ1) is 19.7. The number of aryl methyl sites for hydroxylation is 1. The molecule has 3 rings (SSSR count). The summed E-state index contributed by atoms with van der Waals surface area (Å²) < 4.78 is 12.3. The highest BCUT2D eigenvalue weighted by Gasteiger charge is 2.12. The number of nitriles is 1. The Bertz CT molecular complexity index is 1020. The van der Waals surface area contributed by atoms with E-state index in [0.29, 0.717) is 23.7 Å². The Morgan fingerprint density at radius 1 is 1.07 bits per heavy atom. The number of hydrogen-bond acceptors (Lipinski definition) is 3. The molecule has 0 aromatic heterocycles. The van der Waals surface area contributed by atoms with E-state index in [0.717, 1.165) is 26.7 Å². The Morgan fingerprint density at radius 3 is 2.43 bits per heavy atom. The summed E-state index contributed by atoms with van der Waals surface area (Å²) in [6, 6.07) is 23.9. The highest BCUT2D eigenvalue weighted by atomic mass is 79.9. The summed E-state index contributed by atoms with van der Waals surface area (Å²) in [6.07, 6.45) is 1.85. The van der Waals surface area contributed by atoms with Crippen LogP contribution in [0.5, 0.6) is 11.5 Å². The molecule has 0 unspecified atom stereocenters. The van der Waals surface area contributed by atoms with Crippen LogP contribution in [0.3, 0.4) is 0 Å². The minimum absolute atomic E-state index is 0.442. The van der Waals surface area contributed by atoms with Gasteiger partial charge < -0.3 is 9.47 Å². The van der Waals surface area contributed by atoms with Gasteiger partial charge in [-0.3, -0.25) is 0 Å². The molecule has 0 atom stereocenters. The molecule has 0 spiro atoms. The number of halogens is 1. The molecule has 0 saturated heterocycles. The largest absolute Gasteiger partial charge is 0.493 e. The third kappa shape index (κ3) is 4.82. The van der Waals surface area contributed by atoms with Gasteiger partial charge in [-0.25, -0.2) is 0 Å². The van der Waals surface area contributed by atoms with Crippen molar-refractivity contribution in [2.24, 2.45) is 0 Å². The maximum atomic E-state index is 9.58. The highest BCUT2D eigenvalue weighted by Crippen LogP contribution is 2.38. The van der Waals surface area contributed by atoms with Crippen LogP contribution in [-0.2, 0) is 6.61 Å². The molecule has 0 N–H and O–H groups in total. The SMILES string of the molecule is COc1cc(/C=C(/C#N)c2ccc(C)cc2)cc(Br)c1OCc1ccccc1. The molecule has 0 radical (unpaired) electrons. The minimum atomic E-state index is 0.442. The molecule has 0 saturated carbocycles. The number of ether oxygens (including phenoxy) is 2. The van der Waals surface area contributed by atoms with Crippen molar-refractivity contribution < 1.29 is 9.47 Å². The average molecular weight is 434 g/mol. The van der Waals surface area contributed by atoms with E-state index in [1.54, 1.807) is 7.11 Å². The molecule has 28 heavy (non-hydrogen) atoms. The third-order valence-electron chi connectivity index (χ3n) is 4.27. The molecule has 140 valence electrons. The standard InChI is InChI=1S/C24H20BrNO2/c1-17-8-10-20(11-9-17)21(15-26)12-19-13-22(25)24(23(14-19)27-2)28-16-18-6-4-3-5-7-18/h3-14H,16H2,1-2H3/b21-12-. The van der Waals surface area contributed by atoms with Gasteiger partial charge in [0.05, 0.1) is 23.2 Å². The average Bonchev–Trinajstić information content (AvgIpc) is 2.72. The first-order chi connectivity index (χ1) is 13.6. The van der Waals surface area contributed by atoms with Crippen molar-refractivity contribution in [2.45, 2.75) is 13.5 Å². The zero-order valence-electron chi connectivity index (χ0n) is 15.8. The second kappa shape index (κ2) is 9.25. The van der Waals surface area contributed by atoms with Crippen LogP contribution in [0.25, 0.3) is 11.6 Å². The van der Waals surface area contributed by atoms with Crippen LogP contribution in [-0.4, -0.2) is 7.11 Å². The van der Waals surface area contributed by atoms with Crippen molar-refractivity contribution >= 4 is 27.6 Å². The second-order valence-corrected chi connectivity index (χ2v) is 7.20. The number of nitrogens with zero attached hydrogens (tertiary/aromatic N) is 1. The van der Waals surface area contributed by atoms with Gasteiger partial charge in [0.1, 0.15) is 6.61 Å². The Kier molecular flexibility index (Phi) is 6.52. The van der Waals surface area contributed by atoms with E-state index in [4.69, 9.17) is 9.47 Å². The lowest BCUT2D eigenvalue weighted by atomic mass is 10.0. The van der Waals surface area contributed by atoms with E-state index < -0.39 is 0 Å². The van der Waals surface area contributed by atoms with Crippen LogP contribution in [0.2, 0.25) is 0 Å². The first-order valence-corrected chi connectivity index (χ1v) is 9.63. The van der Waals surface area contributed by atoms with E-state index in [1.165, 1.54) is 0 Å². The van der Waals surface area contributed by atoms with Crippen LogP contribution in [0.15, 0.2) is 71.2 Å². The summed E-state index contributed by atoms with van der Waals surface area (Å²) in [5.41, 5.74) is 4.56. The van der Waals surface area contributed by atoms with Crippen molar-refractivity contribution in [3.63, 3.8) is 0 Å². The lowest BCUT2D eigenvalue weighted by Crippen LogP contribution is -1.99. The van der Waals surface area contributed by atoms with Crippen LogP contribution in [0.1, 0.15) is 22.3 Å². The molecule has 0 aliphatic heterocycles. The topological polar surface area (TPSA) is 42.2 Å². The van der Waals surface area contributed by atoms with E-state index in [1.807, 2.05) is 79.7 Å². The van der Waals surface area contributed by atoms with Gasteiger partial charge in [0.25, 0.3) is 0 Å². The zero-order chi connectivity index (χ0) is 19.9. The summed E-state index contributed by atoms with van der Waals surface area (Å²) in [6.45, 7) is 2.47. The fourth-order valence-electron chi connectivity index (χ4n) is 2.77. The first-order valence-electron chi connectivity index (χ1n) is 8.84. The fraction of sp³-hybridized carbons (Fsp3) is 0.125. The number of methoxy groups -OCH3 is 1. The van der Waals surface area contributed by atoms with Gasteiger partial charge >= 0.3 is 0 Å². The van der Waals surface area contributed by atoms with Gasteiger partial charge in [0, 0.05) is 0 Å². The van der Waals surface area contributed by atoms with Crippen molar-refractivity contribution in [1.29, 1.82) is 5.26 Å². The molecular weight excluding hydrogens is 414 g/mol. The van der Waals surface area contributed by atoms with Crippen LogP contribution >= 0.6 is 15.9 Å². The van der Waals surface area contributed by atoms with E-state index >= 15 is 0 Å². The molecule has 0 bridgehead atoms. The maximum absolute atomic E-state index is 9.58. The lowest BCUT2D eigenvalue weighted by molar-refractivity contribution is 0.282. The van der Waals surface area contributed by atoms with E-state index in [-0.39, 0.29) is 0 Å². The van der Waals surface area contributed by atoms with Crippen molar-refractivity contribution in [1.82, 2.24) is 0 Å². The number of benzene rings is 3. The van der Waals surface area contributed by atoms with Gasteiger partial charge in [0.15, 0.2) is 11.5 Å². The lowest BCUT2D eigenvalue weighted by Gasteiger charge is -2.14. The molecule has 3 aromatic rings. The highest BCUT2D eigenvalue weighted by molar-refractivity contribution is 9.10. The minimum Gasteiger partial charge on any atom is -0.493 e.